The Morgan fingerprint density at radius 1 is 1.28 bits per heavy atom. The van der Waals surface area contributed by atoms with E-state index in [1.54, 1.807) is 12.1 Å². The smallest absolute Gasteiger partial charge is 0.323 e. The first-order chi connectivity index (χ1) is 8.31. The predicted octanol–water partition coefficient (Wildman–Crippen LogP) is 1.84. The van der Waals surface area contributed by atoms with Crippen molar-refractivity contribution in [2.75, 3.05) is 11.9 Å². The van der Waals surface area contributed by atoms with Crippen LogP contribution in [0.4, 0.5) is 5.69 Å². The van der Waals surface area contributed by atoms with Gasteiger partial charge in [-0.1, -0.05) is 15.9 Å². The summed E-state index contributed by atoms with van der Waals surface area (Å²) in [6.45, 7) is 2.94. The molecule has 1 aromatic carbocycles. The van der Waals surface area contributed by atoms with Gasteiger partial charge in [0, 0.05) is 10.2 Å². The minimum Gasteiger partial charge on any atom is -0.480 e. The van der Waals surface area contributed by atoms with Crippen LogP contribution >= 0.6 is 15.9 Å². The lowest BCUT2D eigenvalue weighted by molar-refractivity contribution is -0.143. The molecule has 0 radical (unpaired) electrons. The first-order valence-electron chi connectivity index (χ1n) is 5.35. The monoisotopic (exact) mass is 314 g/mol. The lowest BCUT2D eigenvalue weighted by Gasteiger charge is -2.20. The second-order valence-electron chi connectivity index (χ2n) is 4.34. The standard InChI is InChI=1S/C12H15BrN2O3/c1-12(2,11(17)18)14-7-10(16)15-9-5-3-8(13)4-6-9/h3-6,14H,7H2,1-2H3,(H,15,16)(H,17,18). The molecule has 1 rings (SSSR count). The average molecular weight is 315 g/mol. The zero-order valence-corrected chi connectivity index (χ0v) is 11.7. The number of carboxylic acid groups (broad SMARTS) is 1. The van der Waals surface area contributed by atoms with E-state index in [0.29, 0.717) is 5.69 Å². The topological polar surface area (TPSA) is 78.4 Å². The Morgan fingerprint density at radius 3 is 2.33 bits per heavy atom. The number of nitrogens with one attached hydrogen (secondary N) is 2. The average Bonchev–Trinajstić information content (AvgIpc) is 2.29. The van der Waals surface area contributed by atoms with Crippen molar-refractivity contribution in [2.45, 2.75) is 19.4 Å². The number of hydrogen-bond acceptors (Lipinski definition) is 3. The zero-order chi connectivity index (χ0) is 13.8. The molecule has 0 heterocycles. The van der Waals surface area contributed by atoms with Gasteiger partial charge >= 0.3 is 5.97 Å². The van der Waals surface area contributed by atoms with E-state index in [1.807, 2.05) is 12.1 Å². The largest absolute Gasteiger partial charge is 0.480 e. The van der Waals surface area contributed by atoms with Crippen molar-refractivity contribution >= 4 is 33.5 Å². The molecule has 0 atom stereocenters. The summed E-state index contributed by atoms with van der Waals surface area (Å²) in [7, 11) is 0. The van der Waals surface area contributed by atoms with E-state index >= 15 is 0 Å². The number of rotatable bonds is 5. The van der Waals surface area contributed by atoms with E-state index in [-0.39, 0.29) is 12.5 Å². The molecule has 1 aromatic rings. The normalized spacial score (nSPS) is 11.1. The highest BCUT2D eigenvalue weighted by Crippen LogP contribution is 2.13. The van der Waals surface area contributed by atoms with Crippen LogP contribution in [0.5, 0.6) is 0 Å². The summed E-state index contributed by atoms with van der Waals surface area (Å²) in [5.41, 5.74) is -0.463. The second kappa shape index (κ2) is 5.97. The SMILES string of the molecule is CC(C)(NCC(=O)Nc1ccc(Br)cc1)C(=O)O. The summed E-state index contributed by atoms with van der Waals surface area (Å²) < 4.78 is 0.922. The highest BCUT2D eigenvalue weighted by atomic mass is 79.9. The first-order valence-corrected chi connectivity index (χ1v) is 6.14. The number of hydrogen-bond donors (Lipinski definition) is 3. The van der Waals surface area contributed by atoms with Gasteiger partial charge in [0.25, 0.3) is 0 Å². The molecule has 0 fully saturated rings. The van der Waals surface area contributed by atoms with E-state index in [4.69, 9.17) is 5.11 Å². The summed E-state index contributed by atoms with van der Waals surface area (Å²) in [5.74, 6) is -1.29. The van der Waals surface area contributed by atoms with Gasteiger partial charge in [-0.15, -0.1) is 0 Å². The van der Waals surface area contributed by atoms with Crippen molar-refractivity contribution in [1.29, 1.82) is 0 Å². The van der Waals surface area contributed by atoms with Crippen LogP contribution < -0.4 is 10.6 Å². The maximum atomic E-state index is 11.6. The molecule has 0 spiro atoms. The Hall–Kier alpha value is -1.40. The third-order valence-corrected chi connectivity index (χ3v) is 2.88. The Morgan fingerprint density at radius 2 is 1.83 bits per heavy atom. The van der Waals surface area contributed by atoms with E-state index < -0.39 is 11.5 Å². The Bertz CT molecular complexity index is 443. The van der Waals surface area contributed by atoms with Crippen LogP contribution in [0.1, 0.15) is 13.8 Å². The van der Waals surface area contributed by atoms with Crippen LogP contribution in [0, 0.1) is 0 Å². The van der Waals surface area contributed by atoms with Crippen LogP contribution in [0.25, 0.3) is 0 Å². The number of carbonyl (C=O) groups excluding carboxylic acids is 1. The van der Waals surface area contributed by atoms with E-state index in [0.717, 1.165) is 4.47 Å². The van der Waals surface area contributed by atoms with Crippen LogP contribution in [0.3, 0.4) is 0 Å². The van der Waals surface area contributed by atoms with Gasteiger partial charge in [0.1, 0.15) is 5.54 Å². The van der Waals surface area contributed by atoms with Gasteiger partial charge in [0.15, 0.2) is 0 Å². The third kappa shape index (κ3) is 4.46. The molecule has 0 saturated carbocycles. The molecule has 5 nitrogen and oxygen atoms in total. The molecule has 0 aromatic heterocycles. The molecule has 1 amide bonds. The van der Waals surface area contributed by atoms with Crippen molar-refractivity contribution in [1.82, 2.24) is 5.32 Å². The summed E-state index contributed by atoms with van der Waals surface area (Å²) in [6.07, 6.45) is 0. The van der Waals surface area contributed by atoms with Gasteiger partial charge in [-0.3, -0.25) is 14.9 Å². The number of aliphatic carboxylic acids is 1. The molecule has 3 N–H and O–H groups in total. The van der Waals surface area contributed by atoms with Crippen LogP contribution in [-0.2, 0) is 9.59 Å². The molecule has 98 valence electrons. The van der Waals surface area contributed by atoms with Crippen molar-refractivity contribution in [3.8, 4) is 0 Å². The maximum absolute atomic E-state index is 11.6. The lowest BCUT2D eigenvalue weighted by Crippen LogP contribution is -2.49. The van der Waals surface area contributed by atoms with E-state index in [2.05, 4.69) is 26.6 Å². The molecule has 0 aliphatic heterocycles. The first kappa shape index (κ1) is 14.7. The van der Waals surface area contributed by atoms with Crippen molar-refractivity contribution in [3.63, 3.8) is 0 Å². The van der Waals surface area contributed by atoms with Crippen LogP contribution in [0.2, 0.25) is 0 Å². The van der Waals surface area contributed by atoms with Gasteiger partial charge < -0.3 is 10.4 Å². The van der Waals surface area contributed by atoms with E-state index in [1.165, 1.54) is 13.8 Å². The molecule has 18 heavy (non-hydrogen) atoms. The summed E-state index contributed by atoms with van der Waals surface area (Å²) in [4.78, 5) is 22.4. The van der Waals surface area contributed by atoms with Gasteiger partial charge in [-0.25, -0.2) is 0 Å². The molecule has 0 aliphatic carbocycles. The number of anilines is 1. The van der Waals surface area contributed by atoms with Gasteiger partial charge in [0.2, 0.25) is 5.91 Å². The highest BCUT2D eigenvalue weighted by molar-refractivity contribution is 9.10. The number of carboxylic acids is 1. The number of halogens is 1. The molecule has 0 bridgehead atoms. The number of benzene rings is 1. The second-order valence-corrected chi connectivity index (χ2v) is 5.25. The third-order valence-electron chi connectivity index (χ3n) is 2.35. The quantitative estimate of drug-likeness (QED) is 0.775. The minimum absolute atomic E-state index is 0.0602. The molecule has 0 saturated heterocycles. The van der Waals surface area contributed by atoms with Crippen LogP contribution in [0.15, 0.2) is 28.7 Å². The molecule has 0 aliphatic rings. The van der Waals surface area contributed by atoms with Crippen molar-refractivity contribution in [2.24, 2.45) is 0 Å². The fourth-order valence-corrected chi connectivity index (χ4v) is 1.38. The maximum Gasteiger partial charge on any atom is 0.323 e. The van der Waals surface area contributed by atoms with E-state index in [9.17, 15) is 9.59 Å². The zero-order valence-electron chi connectivity index (χ0n) is 10.2. The summed E-state index contributed by atoms with van der Waals surface area (Å²) in [6, 6.07) is 7.13. The number of amides is 1. The minimum atomic E-state index is -1.13. The molecular formula is C12H15BrN2O3. The molecular weight excluding hydrogens is 300 g/mol. The lowest BCUT2D eigenvalue weighted by atomic mass is 10.1. The van der Waals surface area contributed by atoms with Crippen molar-refractivity contribution < 1.29 is 14.7 Å². The molecule has 0 unspecified atom stereocenters. The van der Waals surface area contributed by atoms with Crippen molar-refractivity contribution in [3.05, 3.63) is 28.7 Å². The number of carbonyl (C=O) groups is 2. The summed E-state index contributed by atoms with van der Waals surface area (Å²) in [5, 5.41) is 14.2. The van der Waals surface area contributed by atoms with Gasteiger partial charge in [-0.2, -0.15) is 0 Å². The Kier molecular flexibility index (Phi) is 4.86. The predicted molar refractivity (Wildman–Crippen MR) is 72.5 cm³/mol. The fourth-order valence-electron chi connectivity index (χ4n) is 1.12. The van der Waals surface area contributed by atoms with Crippen LogP contribution in [-0.4, -0.2) is 29.1 Å². The summed E-state index contributed by atoms with van der Waals surface area (Å²) >= 11 is 3.29. The fraction of sp³-hybridized carbons (Fsp3) is 0.333. The highest BCUT2D eigenvalue weighted by Gasteiger charge is 2.26. The Labute approximate surface area is 114 Å². The van der Waals surface area contributed by atoms with Gasteiger partial charge in [0.05, 0.1) is 6.54 Å². The van der Waals surface area contributed by atoms with Gasteiger partial charge in [-0.05, 0) is 38.1 Å². The molecule has 6 heteroatoms. The Balaban J connectivity index is 2.48.